The highest BCUT2D eigenvalue weighted by Crippen LogP contribution is 2.32. The molecule has 4 nitrogen and oxygen atoms in total. The lowest BCUT2D eigenvalue weighted by Gasteiger charge is -2.17. The predicted octanol–water partition coefficient (Wildman–Crippen LogP) is 5.18. The molecule has 1 aliphatic heterocycles. The summed E-state index contributed by atoms with van der Waals surface area (Å²) in [5.74, 6) is 1.35. The van der Waals surface area contributed by atoms with E-state index in [1.165, 1.54) is 11.8 Å². The first kappa shape index (κ1) is 19.0. The summed E-state index contributed by atoms with van der Waals surface area (Å²) in [6.07, 6.45) is 2.32. The van der Waals surface area contributed by atoms with Gasteiger partial charge in [-0.2, -0.15) is 0 Å². The van der Waals surface area contributed by atoms with Crippen molar-refractivity contribution in [1.82, 2.24) is 4.90 Å². The fourth-order valence-electron chi connectivity index (χ4n) is 2.61. The molecule has 0 radical (unpaired) electrons. The van der Waals surface area contributed by atoms with E-state index in [-0.39, 0.29) is 11.7 Å². The van der Waals surface area contributed by atoms with Gasteiger partial charge in [-0.15, -0.1) is 0 Å². The van der Waals surface area contributed by atoms with Crippen LogP contribution in [0.4, 0.5) is 5.69 Å². The zero-order valence-corrected chi connectivity index (χ0v) is 16.5. The van der Waals surface area contributed by atoms with Gasteiger partial charge in [-0.05, 0) is 43.2 Å². The van der Waals surface area contributed by atoms with Crippen molar-refractivity contribution in [2.75, 3.05) is 24.2 Å². The minimum absolute atomic E-state index is 0.142. The van der Waals surface area contributed by atoms with Crippen LogP contribution < -0.4 is 10.1 Å². The number of likely N-dealkylation sites (tertiary alicyclic amines) is 1. The van der Waals surface area contributed by atoms with Gasteiger partial charge in [0.15, 0.2) is 5.75 Å². The number of thiocarbonyl (C=S) groups is 1. The summed E-state index contributed by atoms with van der Waals surface area (Å²) in [4.78, 5) is 14.5. The molecular formula is C19H19ClN2O2S2. The van der Waals surface area contributed by atoms with Crippen LogP contribution in [0.3, 0.4) is 0 Å². The number of benzene rings is 2. The van der Waals surface area contributed by atoms with Crippen molar-refractivity contribution in [3.63, 3.8) is 0 Å². The molecule has 1 saturated heterocycles. The van der Waals surface area contributed by atoms with Crippen LogP contribution in [0.25, 0.3) is 0 Å². The van der Waals surface area contributed by atoms with Crippen molar-refractivity contribution in [3.05, 3.63) is 53.6 Å². The standard InChI is InChI=1S/C19H19ClN2O2S2/c20-14-8-9-17(24-15-6-2-1-3-7-15)16(12-14)21-18(23)13-26-19(25)22-10-4-5-11-22/h1-3,6-9,12H,4-5,10-11,13H2,(H,21,23). The van der Waals surface area contributed by atoms with E-state index >= 15 is 0 Å². The van der Waals surface area contributed by atoms with Crippen LogP contribution in [0.2, 0.25) is 5.02 Å². The van der Waals surface area contributed by atoms with E-state index in [9.17, 15) is 4.79 Å². The van der Waals surface area contributed by atoms with Crippen LogP contribution in [0.1, 0.15) is 12.8 Å². The summed E-state index contributed by atoms with van der Waals surface area (Å²) in [5, 5.41) is 3.40. The number of hydrogen-bond acceptors (Lipinski definition) is 4. The maximum Gasteiger partial charge on any atom is 0.234 e. The molecule has 1 N–H and O–H groups in total. The van der Waals surface area contributed by atoms with E-state index in [1.54, 1.807) is 18.2 Å². The second-order valence-corrected chi connectivity index (χ2v) is 7.90. The number of amides is 1. The van der Waals surface area contributed by atoms with Crippen LogP contribution in [0, 0.1) is 0 Å². The number of nitrogens with one attached hydrogen (secondary N) is 1. The number of ether oxygens (including phenoxy) is 1. The molecule has 0 unspecified atom stereocenters. The maximum absolute atomic E-state index is 12.3. The number of hydrogen-bond donors (Lipinski definition) is 1. The van der Waals surface area contributed by atoms with Gasteiger partial charge >= 0.3 is 0 Å². The van der Waals surface area contributed by atoms with Gasteiger partial charge in [0.1, 0.15) is 10.1 Å². The van der Waals surface area contributed by atoms with E-state index in [0.29, 0.717) is 22.2 Å². The van der Waals surface area contributed by atoms with E-state index in [2.05, 4.69) is 10.2 Å². The van der Waals surface area contributed by atoms with E-state index in [1.807, 2.05) is 30.3 Å². The molecule has 2 aromatic rings. The Kier molecular flexibility index (Phi) is 6.77. The van der Waals surface area contributed by atoms with Gasteiger partial charge in [-0.1, -0.05) is 53.8 Å². The Labute approximate surface area is 167 Å². The Bertz CT molecular complexity index is 780. The first-order valence-electron chi connectivity index (χ1n) is 8.36. The number of carbonyl (C=O) groups is 1. The lowest BCUT2D eigenvalue weighted by atomic mass is 10.3. The second kappa shape index (κ2) is 9.26. The molecular weight excluding hydrogens is 388 g/mol. The van der Waals surface area contributed by atoms with Crippen LogP contribution in [0.5, 0.6) is 11.5 Å². The number of halogens is 1. The fourth-order valence-corrected chi connectivity index (χ4v) is 3.83. The minimum Gasteiger partial charge on any atom is -0.455 e. The smallest absolute Gasteiger partial charge is 0.234 e. The third-order valence-electron chi connectivity index (χ3n) is 3.88. The summed E-state index contributed by atoms with van der Waals surface area (Å²) >= 11 is 12.9. The topological polar surface area (TPSA) is 41.6 Å². The molecule has 0 bridgehead atoms. The van der Waals surface area contributed by atoms with Gasteiger partial charge in [-0.3, -0.25) is 4.79 Å². The van der Waals surface area contributed by atoms with Gasteiger partial charge in [0.2, 0.25) is 5.91 Å². The van der Waals surface area contributed by atoms with Crippen molar-refractivity contribution in [2.45, 2.75) is 12.8 Å². The van der Waals surface area contributed by atoms with Crippen molar-refractivity contribution >= 4 is 51.5 Å². The molecule has 0 atom stereocenters. The Morgan fingerprint density at radius 1 is 1.19 bits per heavy atom. The Morgan fingerprint density at radius 2 is 1.92 bits per heavy atom. The number of thioether (sulfide) groups is 1. The third kappa shape index (κ3) is 5.37. The highest BCUT2D eigenvalue weighted by molar-refractivity contribution is 8.23. The van der Waals surface area contributed by atoms with Crippen molar-refractivity contribution in [3.8, 4) is 11.5 Å². The average molecular weight is 407 g/mol. The molecule has 0 aromatic heterocycles. The molecule has 7 heteroatoms. The van der Waals surface area contributed by atoms with E-state index < -0.39 is 0 Å². The first-order valence-corrected chi connectivity index (χ1v) is 10.1. The molecule has 1 amide bonds. The van der Waals surface area contributed by atoms with Gasteiger partial charge in [0.25, 0.3) is 0 Å². The predicted molar refractivity (Wildman–Crippen MR) is 112 cm³/mol. The summed E-state index contributed by atoms with van der Waals surface area (Å²) in [7, 11) is 0. The average Bonchev–Trinajstić information content (AvgIpc) is 3.18. The monoisotopic (exact) mass is 406 g/mol. The van der Waals surface area contributed by atoms with Crippen LogP contribution in [0.15, 0.2) is 48.5 Å². The lowest BCUT2D eigenvalue weighted by Crippen LogP contribution is -2.25. The van der Waals surface area contributed by atoms with Crippen LogP contribution in [-0.4, -0.2) is 34.0 Å². The summed E-state index contributed by atoms with van der Waals surface area (Å²) < 4.78 is 6.64. The molecule has 0 spiro atoms. The molecule has 2 aromatic carbocycles. The van der Waals surface area contributed by atoms with E-state index in [4.69, 9.17) is 28.6 Å². The zero-order valence-electron chi connectivity index (χ0n) is 14.1. The first-order chi connectivity index (χ1) is 12.6. The second-order valence-electron chi connectivity index (χ2n) is 5.85. The summed E-state index contributed by atoms with van der Waals surface area (Å²) in [5.41, 5.74) is 0.541. The number of nitrogens with zero attached hydrogens (tertiary/aromatic N) is 1. The fraction of sp³-hybridized carbons (Fsp3) is 0.263. The number of anilines is 1. The highest BCUT2D eigenvalue weighted by atomic mass is 35.5. The Hall–Kier alpha value is -1.76. The number of carbonyl (C=O) groups excluding carboxylic acids is 1. The summed E-state index contributed by atoms with van der Waals surface area (Å²) in [6, 6.07) is 14.5. The minimum atomic E-state index is -0.142. The molecule has 0 saturated carbocycles. The molecule has 1 aliphatic rings. The highest BCUT2D eigenvalue weighted by Gasteiger charge is 2.17. The maximum atomic E-state index is 12.3. The van der Waals surface area contributed by atoms with Crippen molar-refractivity contribution in [2.24, 2.45) is 0 Å². The SMILES string of the molecule is O=C(CSC(=S)N1CCCC1)Nc1cc(Cl)ccc1Oc1ccccc1. The quantitative estimate of drug-likeness (QED) is 0.692. The van der Waals surface area contributed by atoms with Gasteiger partial charge < -0.3 is 15.0 Å². The van der Waals surface area contributed by atoms with Crippen LogP contribution >= 0.6 is 35.6 Å². The van der Waals surface area contributed by atoms with Gasteiger partial charge in [0.05, 0.1) is 11.4 Å². The van der Waals surface area contributed by atoms with Crippen molar-refractivity contribution in [1.29, 1.82) is 0 Å². The number of rotatable bonds is 5. The lowest BCUT2D eigenvalue weighted by molar-refractivity contribution is -0.113. The molecule has 1 fully saturated rings. The molecule has 3 rings (SSSR count). The Morgan fingerprint density at radius 3 is 2.65 bits per heavy atom. The normalized spacial score (nSPS) is 13.5. The Balaban J connectivity index is 1.61. The van der Waals surface area contributed by atoms with Crippen molar-refractivity contribution < 1.29 is 9.53 Å². The van der Waals surface area contributed by atoms with Crippen LogP contribution in [-0.2, 0) is 4.79 Å². The van der Waals surface area contributed by atoms with E-state index in [0.717, 1.165) is 30.3 Å². The third-order valence-corrected chi connectivity index (χ3v) is 5.64. The van der Waals surface area contributed by atoms with Gasteiger partial charge in [-0.25, -0.2) is 0 Å². The molecule has 136 valence electrons. The molecule has 26 heavy (non-hydrogen) atoms. The summed E-state index contributed by atoms with van der Waals surface area (Å²) in [6.45, 7) is 1.97. The zero-order chi connectivity index (χ0) is 18.4. The number of para-hydroxylation sites is 1. The van der Waals surface area contributed by atoms with Gasteiger partial charge in [0, 0.05) is 18.1 Å². The molecule has 1 heterocycles. The molecule has 0 aliphatic carbocycles. The largest absolute Gasteiger partial charge is 0.455 e.